The van der Waals surface area contributed by atoms with Crippen molar-refractivity contribution in [2.24, 2.45) is 0 Å². The second-order valence-electron chi connectivity index (χ2n) is 7.47. The van der Waals surface area contributed by atoms with Crippen molar-refractivity contribution in [3.05, 3.63) is 87.9 Å². The Morgan fingerprint density at radius 1 is 0.861 bits per heavy atom. The molecule has 0 aliphatic carbocycles. The molecule has 3 aromatic rings. The molecule has 4 rings (SSSR count). The molecule has 0 spiro atoms. The van der Waals surface area contributed by atoms with E-state index in [9.17, 15) is 14.4 Å². The van der Waals surface area contributed by atoms with Gasteiger partial charge in [0.2, 0.25) is 0 Å². The van der Waals surface area contributed by atoms with Gasteiger partial charge in [0.1, 0.15) is 24.5 Å². The van der Waals surface area contributed by atoms with Gasteiger partial charge in [0.05, 0.1) is 17.8 Å². The minimum Gasteiger partial charge on any atom is -0.493 e. The Balaban J connectivity index is 1.48. The van der Waals surface area contributed by atoms with E-state index in [0.29, 0.717) is 32.9 Å². The van der Waals surface area contributed by atoms with E-state index in [1.165, 1.54) is 25.3 Å². The van der Waals surface area contributed by atoms with Crippen LogP contribution in [0.15, 0.2) is 72.3 Å². The lowest BCUT2D eigenvalue weighted by Gasteiger charge is -2.26. The van der Waals surface area contributed by atoms with Crippen molar-refractivity contribution in [2.45, 2.75) is 0 Å². The minimum absolute atomic E-state index is 0.214. The van der Waals surface area contributed by atoms with Crippen LogP contribution in [0.5, 0.6) is 17.2 Å². The highest BCUT2D eigenvalue weighted by Crippen LogP contribution is 2.30. The van der Waals surface area contributed by atoms with E-state index in [4.69, 9.17) is 37.4 Å². The molecule has 184 valence electrons. The molecule has 3 aromatic carbocycles. The van der Waals surface area contributed by atoms with Crippen LogP contribution in [0.1, 0.15) is 5.56 Å². The number of amides is 4. The molecule has 36 heavy (non-hydrogen) atoms. The smallest absolute Gasteiger partial charge is 0.335 e. The van der Waals surface area contributed by atoms with Gasteiger partial charge in [-0.2, -0.15) is 0 Å². The molecule has 0 bridgehead atoms. The number of rotatable bonds is 8. The molecule has 1 heterocycles. The molecule has 8 nitrogen and oxygen atoms in total. The predicted molar refractivity (Wildman–Crippen MR) is 136 cm³/mol. The fourth-order valence-electron chi connectivity index (χ4n) is 3.41. The number of carbonyl (C=O) groups is 3. The lowest BCUT2D eigenvalue weighted by atomic mass is 10.1. The number of urea groups is 1. The van der Waals surface area contributed by atoms with Crippen LogP contribution in [0.25, 0.3) is 6.08 Å². The van der Waals surface area contributed by atoms with Gasteiger partial charge in [-0.3, -0.25) is 14.9 Å². The molecule has 1 aliphatic rings. The van der Waals surface area contributed by atoms with E-state index in [0.717, 1.165) is 4.90 Å². The first-order valence-electron chi connectivity index (χ1n) is 10.7. The van der Waals surface area contributed by atoms with Crippen LogP contribution in [0.2, 0.25) is 10.0 Å². The summed E-state index contributed by atoms with van der Waals surface area (Å²) in [5.41, 5.74) is 0.560. The Hall–Kier alpha value is -4.01. The molecule has 1 N–H and O–H groups in total. The number of carbonyl (C=O) groups excluding carboxylic acids is 3. The fourth-order valence-corrected chi connectivity index (χ4v) is 3.72. The number of imide groups is 2. The zero-order chi connectivity index (χ0) is 25.7. The average molecular weight is 527 g/mol. The highest BCUT2D eigenvalue weighted by atomic mass is 35.5. The van der Waals surface area contributed by atoms with Gasteiger partial charge < -0.3 is 14.2 Å². The van der Waals surface area contributed by atoms with Gasteiger partial charge >= 0.3 is 6.03 Å². The van der Waals surface area contributed by atoms with Gasteiger partial charge in [0, 0.05) is 5.02 Å². The largest absolute Gasteiger partial charge is 0.493 e. The maximum absolute atomic E-state index is 13.0. The molecular formula is C26H20Cl2N2O6. The molecule has 0 atom stereocenters. The minimum atomic E-state index is -0.843. The number of benzene rings is 3. The number of hydrogen-bond donors (Lipinski definition) is 1. The SMILES string of the molecule is COc1cc(/C=C2\C(=O)NC(=O)N(c3ccc(Cl)cc3)C2=O)ccc1OCCOc1ccccc1Cl. The summed E-state index contributed by atoms with van der Waals surface area (Å²) in [4.78, 5) is 38.7. The van der Waals surface area contributed by atoms with Crippen LogP contribution in [0.3, 0.4) is 0 Å². The number of barbiturate groups is 1. The molecule has 0 unspecified atom stereocenters. The van der Waals surface area contributed by atoms with Crippen molar-refractivity contribution in [1.82, 2.24) is 5.32 Å². The van der Waals surface area contributed by atoms with Crippen molar-refractivity contribution >= 4 is 52.8 Å². The van der Waals surface area contributed by atoms with Crippen LogP contribution in [0.4, 0.5) is 10.5 Å². The lowest BCUT2D eigenvalue weighted by Crippen LogP contribution is -2.54. The van der Waals surface area contributed by atoms with E-state index >= 15 is 0 Å². The monoisotopic (exact) mass is 526 g/mol. The summed E-state index contributed by atoms with van der Waals surface area (Å²) in [5, 5.41) is 3.13. The van der Waals surface area contributed by atoms with Gasteiger partial charge in [-0.1, -0.05) is 41.4 Å². The number of anilines is 1. The Morgan fingerprint density at radius 2 is 1.56 bits per heavy atom. The molecule has 1 fully saturated rings. The first kappa shape index (κ1) is 25.1. The van der Waals surface area contributed by atoms with Crippen LogP contribution < -0.4 is 24.4 Å². The first-order chi connectivity index (χ1) is 17.4. The van der Waals surface area contributed by atoms with Gasteiger partial charge in [-0.25, -0.2) is 9.69 Å². The highest BCUT2D eigenvalue weighted by Gasteiger charge is 2.36. The van der Waals surface area contributed by atoms with E-state index in [-0.39, 0.29) is 24.5 Å². The number of nitrogens with zero attached hydrogens (tertiary/aromatic N) is 1. The Morgan fingerprint density at radius 3 is 2.25 bits per heavy atom. The second-order valence-corrected chi connectivity index (χ2v) is 8.32. The summed E-state index contributed by atoms with van der Waals surface area (Å²) in [7, 11) is 1.47. The Bertz CT molecular complexity index is 1340. The summed E-state index contributed by atoms with van der Waals surface area (Å²) in [6.45, 7) is 0.475. The van der Waals surface area contributed by atoms with E-state index < -0.39 is 17.8 Å². The number of ether oxygens (including phenoxy) is 3. The van der Waals surface area contributed by atoms with E-state index in [1.807, 2.05) is 12.1 Å². The quantitative estimate of drug-likeness (QED) is 0.248. The lowest BCUT2D eigenvalue weighted by molar-refractivity contribution is -0.122. The van der Waals surface area contributed by atoms with E-state index in [2.05, 4.69) is 5.32 Å². The number of hydrogen-bond acceptors (Lipinski definition) is 6. The molecular weight excluding hydrogens is 507 g/mol. The molecule has 4 amide bonds. The summed E-state index contributed by atoms with van der Waals surface area (Å²) < 4.78 is 16.8. The molecule has 1 aliphatic heterocycles. The topological polar surface area (TPSA) is 94.2 Å². The third-order valence-corrected chi connectivity index (χ3v) is 5.68. The van der Waals surface area contributed by atoms with Crippen molar-refractivity contribution in [3.63, 3.8) is 0 Å². The van der Waals surface area contributed by atoms with Crippen molar-refractivity contribution < 1.29 is 28.6 Å². The Kier molecular flexibility index (Phi) is 7.77. The normalized spacial score (nSPS) is 14.6. The molecule has 1 saturated heterocycles. The third kappa shape index (κ3) is 5.62. The van der Waals surface area contributed by atoms with Gasteiger partial charge in [-0.05, 0) is 60.2 Å². The van der Waals surface area contributed by atoms with Gasteiger partial charge in [-0.15, -0.1) is 0 Å². The Labute approximate surface area is 217 Å². The third-order valence-electron chi connectivity index (χ3n) is 5.12. The fraction of sp³-hybridized carbons (Fsp3) is 0.115. The zero-order valence-electron chi connectivity index (χ0n) is 19.0. The van der Waals surface area contributed by atoms with Crippen molar-refractivity contribution in [3.8, 4) is 17.2 Å². The number of methoxy groups -OCH3 is 1. The molecule has 0 radical (unpaired) electrons. The molecule has 0 saturated carbocycles. The summed E-state index contributed by atoms with van der Waals surface area (Å²) in [6, 6.07) is 17.3. The highest BCUT2D eigenvalue weighted by molar-refractivity contribution is 6.39. The van der Waals surface area contributed by atoms with Crippen LogP contribution >= 0.6 is 23.2 Å². The zero-order valence-corrected chi connectivity index (χ0v) is 20.5. The molecule has 0 aromatic heterocycles. The predicted octanol–water partition coefficient (Wildman–Crippen LogP) is 5.13. The number of halogens is 2. The van der Waals surface area contributed by atoms with Gasteiger partial charge in [0.15, 0.2) is 11.5 Å². The van der Waals surface area contributed by atoms with Crippen LogP contribution in [-0.2, 0) is 9.59 Å². The summed E-state index contributed by atoms with van der Waals surface area (Å²) in [5.74, 6) is -0.178. The summed E-state index contributed by atoms with van der Waals surface area (Å²) >= 11 is 12.0. The first-order valence-corrected chi connectivity index (χ1v) is 11.5. The summed E-state index contributed by atoms with van der Waals surface area (Å²) in [6.07, 6.45) is 1.37. The standard InChI is InChI=1S/C26H20Cl2N2O6/c1-34-23-15-16(6-11-22(23)36-13-12-35-21-5-3-2-4-20(21)28)14-19-24(31)29-26(33)30(25(19)32)18-9-7-17(27)8-10-18/h2-11,14-15H,12-13H2,1H3,(H,29,31,33)/b19-14+. The van der Waals surface area contributed by atoms with Crippen molar-refractivity contribution in [2.75, 3.05) is 25.2 Å². The number of nitrogens with one attached hydrogen (secondary N) is 1. The van der Waals surface area contributed by atoms with Crippen molar-refractivity contribution in [1.29, 1.82) is 0 Å². The van der Waals surface area contributed by atoms with Crippen LogP contribution in [-0.4, -0.2) is 38.2 Å². The second kappa shape index (κ2) is 11.2. The maximum atomic E-state index is 13.0. The van der Waals surface area contributed by atoms with Crippen LogP contribution in [0, 0.1) is 0 Å². The average Bonchev–Trinajstić information content (AvgIpc) is 2.87. The molecule has 10 heteroatoms. The maximum Gasteiger partial charge on any atom is 0.335 e. The van der Waals surface area contributed by atoms with E-state index in [1.54, 1.807) is 42.5 Å². The number of para-hydroxylation sites is 1. The van der Waals surface area contributed by atoms with Gasteiger partial charge in [0.25, 0.3) is 11.8 Å².